The Morgan fingerprint density at radius 1 is 1.08 bits per heavy atom. The van der Waals surface area contributed by atoms with Crippen LogP contribution in [0.15, 0.2) is 66.9 Å². The number of nitrogens with one attached hydrogen (secondary N) is 2. The van der Waals surface area contributed by atoms with Crippen LogP contribution in [0.5, 0.6) is 5.75 Å². The van der Waals surface area contributed by atoms with Crippen molar-refractivity contribution in [3.05, 3.63) is 82.5 Å². The summed E-state index contributed by atoms with van der Waals surface area (Å²) in [6.45, 7) is 0. The van der Waals surface area contributed by atoms with E-state index in [0.717, 1.165) is 0 Å². The Balaban J connectivity index is 1.81. The molecule has 26 heavy (non-hydrogen) atoms. The number of nitrogens with zero attached hydrogens (tertiary/aromatic N) is 2. The third-order valence-corrected chi connectivity index (χ3v) is 3.51. The molecule has 8 heteroatoms. The minimum Gasteiger partial charge on any atom is -0.508 e. The Morgan fingerprint density at radius 3 is 2.58 bits per heavy atom. The van der Waals surface area contributed by atoms with Gasteiger partial charge in [-0.25, -0.2) is 4.98 Å². The second-order valence-electron chi connectivity index (χ2n) is 5.33. The summed E-state index contributed by atoms with van der Waals surface area (Å²) in [5.74, 6) is 0.0446. The van der Waals surface area contributed by atoms with Gasteiger partial charge < -0.3 is 15.7 Å². The molecule has 0 aliphatic rings. The number of phenols is 1. The zero-order valence-corrected chi connectivity index (χ0v) is 13.4. The standard InChI is InChI=1S/C18H14N4O4/c23-15-8-6-13(7-9-15)20-17-16(5-2-10-19-17)21-18(24)12-3-1-4-14(11-12)22(25)26/h1-11,23H,(H,19,20)(H,21,24). The fourth-order valence-corrected chi connectivity index (χ4v) is 2.24. The first-order chi connectivity index (χ1) is 12.5. The molecule has 3 aromatic rings. The molecule has 0 saturated heterocycles. The van der Waals surface area contributed by atoms with Gasteiger partial charge in [0.1, 0.15) is 5.75 Å². The van der Waals surface area contributed by atoms with Gasteiger partial charge in [-0.05, 0) is 42.5 Å². The molecule has 130 valence electrons. The molecule has 1 heterocycles. The lowest BCUT2D eigenvalue weighted by Gasteiger charge is -2.12. The van der Waals surface area contributed by atoms with Crippen molar-refractivity contribution in [2.24, 2.45) is 0 Å². The van der Waals surface area contributed by atoms with E-state index in [1.54, 1.807) is 30.5 Å². The minimum absolute atomic E-state index is 0.135. The number of nitro benzene ring substituents is 1. The van der Waals surface area contributed by atoms with Gasteiger partial charge in [-0.1, -0.05) is 6.07 Å². The zero-order valence-electron chi connectivity index (χ0n) is 13.4. The average molecular weight is 350 g/mol. The number of phenolic OH excluding ortho intramolecular Hbond substituents is 1. The Morgan fingerprint density at radius 2 is 1.85 bits per heavy atom. The normalized spacial score (nSPS) is 10.2. The molecule has 3 rings (SSSR count). The maximum atomic E-state index is 12.4. The molecule has 0 saturated carbocycles. The molecule has 8 nitrogen and oxygen atoms in total. The second-order valence-corrected chi connectivity index (χ2v) is 5.33. The topological polar surface area (TPSA) is 117 Å². The van der Waals surface area contributed by atoms with Gasteiger partial charge >= 0.3 is 0 Å². The maximum Gasteiger partial charge on any atom is 0.270 e. The van der Waals surface area contributed by atoms with E-state index < -0.39 is 10.8 Å². The van der Waals surface area contributed by atoms with E-state index >= 15 is 0 Å². The molecule has 0 bridgehead atoms. The van der Waals surface area contributed by atoms with Gasteiger partial charge in [0.25, 0.3) is 11.6 Å². The largest absolute Gasteiger partial charge is 0.508 e. The van der Waals surface area contributed by atoms with E-state index in [4.69, 9.17) is 0 Å². The van der Waals surface area contributed by atoms with Crippen molar-refractivity contribution < 1.29 is 14.8 Å². The molecule has 0 aliphatic heterocycles. The Labute approximate surface area is 148 Å². The van der Waals surface area contributed by atoms with Crippen LogP contribution in [0.25, 0.3) is 0 Å². The molecular formula is C18H14N4O4. The highest BCUT2D eigenvalue weighted by Gasteiger charge is 2.13. The number of aromatic hydroxyl groups is 1. The number of carbonyl (C=O) groups excluding carboxylic acids is 1. The van der Waals surface area contributed by atoms with Crippen molar-refractivity contribution in [3.8, 4) is 5.75 Å². The second kappa shape index (κ2) is 7.31. The molecule has 0 atom stereocenters. The van der Waals surface area contributed by atoms with Crippen LogP contribution in [-0.4, -0.2) is 20.9 Å². The average Bonchev–Trinajstić information content (AvgIpc) is 2.65. The number of amides is 1. The summed E-state index contributed by atoms with van der Waals surface area (Å²) in [5, 5.41) is 25.9. The van der Waals surface area contributed by atoms with Gasteiger partial charge in [0.2, 0.25) is 0 Å². The highest BCUT2D eigenvalue weighted by atomic mass is 16.6. The third kappa shape index (κ3) is 3.93. The van der Waals surface area contributed by atoms with E-state index in [2.05, 4.69) is 15.6 Å². The van der Waals surface area contributed by atoms with E-state index in [0.29, 0.717) is 17.2 Å². The lowest BCUT2D eigenvalue weighted by atomic mass is 10.2. The summed E-state index contributed by atoms with van der Waals surface area (Å²) in [4.78, 5) is 26.9. The minimum atomic E-state index is -0.557. The summed E-state index contributed by atoms with van der Waals surface area (Å²) in [6.07, 6.45) is 1.56. The van der Waals surface area contributed by atoms with Crippen LogP contribution in [0.3, 0.4) is 0 Å². The van der Waals surface area contributed by atoms with Crippen LogP contribution in [0.4, 0.5) is 22.9 Å². The Kier molecular flexibility index (Phi) is 4.75. The van der Waals surface area contributed by atoms with Crippen molar-refractivity contribution in [1.29, 1.82) is 0 Å². The molecule has 0 fully saturated rings. The van der Waals surface area contributed by atoms with Gasteiger partial charge in [0, 0.05) is 29.6 Å². The fraction of sp³-hybridized carbons (Fsp3) is 0. The van der Waals surface area contributed by atoms with E-state index in [-0.39, 0.29) is 17.0 Å². The van der Waals surface area contributed by atoms with Gasteiger partial charge in [0.05, 0.1) is 10.6 Å². The fourth-order valence-electron chi connectivity index (χ4n) is 2.24. The van der Waals surface area contributed by atoms with Gasteiger partial charge in [-0.3, -0.25) is 14.9 Å². The number of rotatable bonds is 5. The van der Waals surface area contributed by atoms with E-state index in [9.17, 15) is 20.0 Å². The molecule has 0 spiro atoms. The van der Waals surface area contributed by atoms with Gasteiger partial charge in [-0.2, -0.15) is 0 Å². The van der Waals surface area contributed by atoms with Gasteiger partial charge in [-0.15, -0.1) is 0 Å². The number of nitro groups is 1. The monoisotopic (exact) mass is 350 g/mol. The van der Waals surface area contributed by atoms with E-state index in [1.165, 1.54) is 36.4 Å². The molecule has 0 unspecified atom stereocenters. The van der Waals surface area contributed by atoms with Crippen molar-refractivity contribution in [3.63, 3.8) is 0 Å². The number of benzene rings is 2. The van der Waals surface area contributed by atoms with E-state index in [1.807, 2.05) is 0 Å². The SMILES string of the molecule is O=C(Nc1cccnc1Nc1ccc(O)cc1)c1cccc([N+](=O)[O-])c1. The van der Waals surface area contributed by atoms with Crippen molar-refractivity contribution in [2.75, 3.05) is 10.6 Å². The predicted octanol–water partition coefficient (Wildman–Crippen LogP) is 3.69. The van der Waals surface area contributed by atoms with Crippen LogP contribution in [0, 0.1) is 10.1 Å². The number of hydrogen-bond donors (Lipinski definition) is 3. The zero-order chi connectivity index (χ0) is 18.5. The predicted molar refractivity (Wildman–Crippen MR) is 96.7 cm³/mol. The van der Waals surface area contributed by atoms with Gasteiger partial charge in [0.15, 0.2) is 5.82 Å². The molecule has 2 aromatic carbocycles. The first-order valence-corrected chi connectivity index (χ1v) is 7.60. The summed E-state index contributed by atoms with van der Waals surface area (Å²) in [5.41, 5.74) is 1.09. The Bertz CT molecular complexity index is 957. The number of anilines is 3. The third-order valence-electron chi connectivity index (χ3n) is 3.51. The molecule has 3 N–H and O–H groups in total. The lowest BCUT2D eigenvalue weighted by molar-refractivity contribution is -0.384. The molecule has 0 radical (unpaired) electrons. The number of hydrogen-bond acceptors (Lipinski definition) is 6. The van der Waals surface area contributed by atoms with Crippen LogP contribution < -0.4 is 10.6 Å². The molecular weight excluding hydrogens is 336 g/mol. The van der Waals surface area contributed by atoms with Crippen LogP contribution in [-0.2, 0) is 0 Å². The first-order valence-electron chi connectivity index (χ1n) is 7.60. The van der Waals surface area contributed by atoms with Crippen LogP contribution in [0.2, 0.25) is 0 Å². The van der Waals surface area contributed by atoms with Crippen LogP contribution in [0.1, 0.15) is 10.4 Å². The smallest absolute Gasteiger partial charge is 0.270 e. The molecule has 1 aromatic heterocycles. The maximum absolute atomic E-state index is 12.4. The quantitative estimate of drug-likeness (QED) is 0.367. The lowest BCUT2D eigenvalue weighted by Crippen LogP contribution is -2.13. The summed E-state index contributed by atoms with van der Waals surface area (Å²) in [7, 11) is 0. The van der Waals surface area contributed by atoms with Crippen molar-refractivity contribution in [2.45, 2.75) is 0 Å². The number of carbonyl (C=O) groups is 1. The van der Waals surface area contributed by atoms with Crippen molar-refractivity contribution in [1.82, 2.24) is 4.98 Å². The highest BCUT2D eigenvalue weighted by Crippen LogP contribution is 2.25. The summed E-state index contributed by atoms with van der Waals surface area (Å²) < 4.78 is 0. The summed E-state index contributed by atoms with van der Waals surface area (Å²) >= 11 is 0. The first kappa shape index (κ1) is 16.9. The number of non-ortho nitro benzene ring substituents is 1. The number of pyridine rings is 1. The molecule has 0 aliphatic carbocycles. The van der Waals surface area contributed by atoms with Crippen molar-refractivity contribution >= 4 is 28.8 Å². The highest BCUT2D eigenvalue weighted by molar-refractivity contribution is 6.06. The van der Waals surface area contributed by atoms with Crippen LogP contribution >= 0.6 is 0 Å². The Hall–Kier alpha value is -3.94. The molecule has 1 amide bonds. The number of aromatic nitrogens is 1. The summed E-state index contributed by atoms with van der Waals surface area (Å²) in [6, 6.07) is 15.1.